The number of anilines is 1. The molecule has 1 unspecified atom stereocenters. The molecule has 2 heterocycles. The van der Waals surface area contributed by atoms with E-state index in [-0.39, 0.29) is 6.10 Å². The predicted molar refractivity (Wildman–Crippen MR) is 66.1 cm³/mol. The van der Waals surface area contributed by atoms with E-state index in [1.807, 2.05) is 0 Å². The van der Waals surface area contributed by atoms with Crippen molar-refractivity contribution in [3.63, 3.8) is 0 Å². The van der Waals surface area contributed by atoms with Crippen LogP contribution in [0.2, 0.25) is 0 Å². The van der Waals surface area contributed by atoms with Gasteiger partial charge in [0.2, 0.25) is 0 Å². The maximum absolute atomic E-state index is 5.50. The Labute approximate surface area is 102 Å². The van der Waals surface area contributed by atoms with E-state index in [4.69, 9.17) is 9.15 Å². The van der Waals surface area contributed by atoms with E-state index in [0.717, 1.165) is 44.9 Å². The minimum atomic E-state index is 0.248. The third-order valence-corrected chi connectivity index (χ3v) is 2.78. The molecule has 0 saturated carbocycles. The minimum Gasteiger partial charge on any atom is -0.432 e. The molecule has 0 aromatic carbocycles. The van der Waals surface area contributed by atoms with Crippen LogP contribution >= 0.6 is 0 Å². The number of aromatic nitrogens is 1. The van der Waals surface area contributed by atoms with Crippen LogP contribution in [0.3, 0.4) is 0 Å². The van der Waals surface area contributed by atoms with Crippen LogP contribution in [0.5, 0.6) is 0 Å². The van der Waals surface area contributed by atoms with Crippen LogP contribution in [0.15, 0.2) is 10.7 Å². The molecule has 1 saturated heterocycles. The molecular weight excluding hydrogens is 218 g/mol. The Morgan fingerprint density at radius 1 is 1.59 bits per heavy atom. The lowest BCUT2D eigenvalue weighted by Crippen LogP contribution is -2.41. The summed E-state index contributed by atoms with van der Waals surface area (Å²) < 4.78 is 11.0. The molecule has 1 N–H and O–H groups in total. The molecule has 1 atom stereocenters. The van der Waals surface area contributed by atoms with Gasteiger partial charge in [0.05, 0.1) is 18.4 Å². The van der Waals surface area contributed by atoms with Crippen LogP contribution in [0.4, 0.5) is 6.01 Å². The Kier molecular flexibility index (Phi) is 4.39. The number of morpholine rings is 1. The predicted octanol–water partition coefficient (Wildman–Crippen LogP) is 1.40. The zero-order valence-electron chi connectivity index (χ0n) is 10.6. The summed E-state index contributed by atoms with van der Waals surface area (Å²) in [6.07, 6.45) is 3.11. The molecule has 0 spiro atoms. The number of nitrogens with zero attached hydrogens (tertiary/aromatic N) is 2. The normalized spacial score (nSPS) is 20.8. The lowest BCUT2D eigenvalue weighted by atomic mass is 10.3. The van der Waals surface area contributed by atoms with E-state index in [9.17, 15) is 0 Å². The van der Waals surface area contributed by atoms with E-state index in [1.165, 1.54) is 0 Å². The average Bonchev–Trinajstić information content (AvgIpc) is 2.78. The summed E-state index contributed by atoms with van der Waals surface area (Å²) >= 11 is 0. The van der Waals surface area contributed by atoms with Gasteiger partial charge in [-0.1, -0.05) is 6.92 Å². The standard InChI is InChI=1S/C12H21N3O2/c1-3-4-13-7-11-9-17-12(14-11)15-5-6-16-10(2)8-15/h9-10,13H,3-8H2,1-2H3. The van der Waals surface area contributed by atoms with Gasteiger partial charge >= 0.3 is 0 Å². The molecule has 2 rings (SSSR count). The Balaban J connectivity index is 1.88. The summed E-state index contributed by atoms with van der Waals surface area (Å²) in [4.78, 5) is 6.62. The molecule has 1 aliphatic rings. The number of hydrogen-bond donors (Lipinski definition) is 1. The quantitative estimate of drug-likeness (QED) is 0.787. The highest BCUT2D eigenvalue weighted by Gasteiger charge is 2.20. The smallest absolute Gasteiger partial charge is 0.297 e. The number of rotatable bonds is 5. The van der Waals surface area contributed by atoms with Crippen molar-refractivity contribution >= 4 is 6.01 Å². The molecule has 1 aliphatic heterocycles. The molecule has 96 valence electrons. The first kappa shape index (κ1) is 12.4. The highest BCUT2D eigenvalue weighted by molar-refractivity contribution is 5.27. The fourth-order valence-corrected chi connectivity index (χ4v) is 1.91. The van der Waals surface area contributed by atoms with Crippen molar-refractivity contribution in [2.24, 2.45) is 0 Å². The average molecular weight is 239 g/mol. The van der Waals surface area contributed by atoms with E-state index < -0.39 is 0 Å². The van der Waals surface area contributed by atoms with Crippen LogP contribution < -0.4 is 10.2 Å². The van der Waals surface area contributed by atoms with Crippen LogP contribution in [0.1, 0.15) is 26.0 Å². The topological polar surface area (TPSA) is 50.5 Å². The fourth-order valence-electron chi connectivity index (χ4n) is 1.91. The van der Waals surface area contributed by atoms with Gasteiger partial charge in [0.1, 0.15) is 6.26 Å². The maximum atomic E-state index is 5.50. The van der Waals surface area contributed by atoms with Crippen molar-refractivity contribution in [3.8, 4) is 0 Å². The molecule has 0 bridgehead atoms. The molecule has 5 nitrogen and oxygen atoms in total. The molecule has 1 fully saturated rings. The lowest BCUT2D eigenvalue weighted by molar-refractivity contribution is 0.0514. The molecular formula is C12H21N3O2. The lowest BCUT2D eigenvalue weighted by Gasteiger charge is -2.29. The summed E-state index contributed by atoms with van der Waals surface area (Å²) in [5.41, 5.74) is 0.965. The fraction of sp³-hybridized carbons (Fsp3) is 0.750. The first-order chi connectivity index (χ1) is 8.29. The van der Waals surface area contributed by atoms with Crippen LogP contribution in [-0.4, -0.2) is 37.3 Å². The zero-order chi connectivity index (χ0) is 12.1. The third kappa shape index (κ3) is 3.44. The zero-order valence-corrected chi connectivity index (χ0v) is 10.6. The molecule has 1 aromatic rings. The number of oxazole rings is 1. The Morgan fingerprint density at radius 3 is 3.24 bits per heavy atom. The van der Waals surface area contributed by atoms with Crippen molar-refractivity contribution < 1.29 is 9.15 Å². The Hall–Kier alpha value is -1.07. The van der Waals surface area contributed by atoms with Crippen LogP contribution in [0, 0.1) is 0 Å². The minimum absolute atomic E-state index is 0.248. The SMILES string of the molecule is CCCNCc1coc(N2CCOC(C)C2)n1. The van der Waals surface area contributed by atoms with E-state index in [0.29, 0.717) is 6.01 Å². The van der Waals surface area contributed by atoms with Crippen molar-refractivity contribution in [2.45, 2.75) is 32.9 Å². The van der Waals surface area contributed by atoms with Gasteiger partial charge in [-0.15, -0.1) is 0 Å². The van der Waals surface area contributed by atoms with Gasteiger partial charge < -0.3 is 19.4 Å². The Morgan fingerprint density at radius 2 is 2.47 bits per heavy atom. The molecule has 1 aromatic heterocycles. The van der Waals surface area contributed by atoms with E-state index in [2.05, 4.69) is 29.0 Å². The largest absolute Gasteiger partial charge is 0.432 e. The number of nitrogens with one attached hydrogen (secondary N) is 1. The van der Waals surface area contributed by atoms with Gasteiger partial charge in [0.15, 0.2) is 0 Å². The van der Waals surface area contributed by atoms with Gasteiger partial charge in [-0.2, -0.15) is 4.98 Å². The van der Waals surface area contributed by atoms with E-state index >= 15 is 0 Å². The summed E-state index contributed by atoms with van der Waals surface area (Å²) in [7, 11) is 0. The molecule has 5 heteroatoms. The van der Waals surface area contributed by atoms with Crippen LogP contribution in [-0.2, 0) is 11.3 Å². The van der Waals surface area contributed by atoms with Gasteiger partial charge in [-0.05, 0) is 19.9 Å². The highest BCUT2D eigenvalue weighted by atomic mass is 16.5. The third-order valence-electron chi connectivity index (χ3n) is 2.78. The molecule has 0 amide bonds. The van der Waals surface area contributed by atoms with Crippen LogP contribution in [0.25, 0.3) is 0 Å². The molecule has 0 aliphatic carbocycles. The second-order valence-corrected chi connectivity index (χ2v) is 4.43. The summed E-state index contributed by atoms with van der Waals surface area (Å²) in [6.45, 7) is 8.45. The highest BCUT2D eigenvalue weighted by Crippen LogP contribution is 2.16. The first-order valence-corrected chi connectivity index (χ1v) is 6.31. The van der Waals surface area contributed by atoms with Gasteiger partial charge in [0, 0.05) is 19.6 Å². The van der Waals surface area contributed by atoms with Crippen molar-refractivity contribution in [3.05, 3.63) is 12.0 Å². The molecule has 17 heavy (non-hydrogen) atoms. The van der Waals surface area contributed by atoms with Gasteiger partial charge in [-0.25, -0.2) is 0 Å². The monoisotopic (exact) mass is 239 g/mol. The van der Waals surface area contributed by atoms with Gasteiger partial charge in [-0.3, -0.25) is 0 Å². The maximum Gasteiger partial charge on any atom is 0.297 e. The van der Waals surface area contributed by atoms with E-state index in [1.54, 1.807) is 6.26 Å². The second-order valence-electron chi connectivity index (χ2n) is 4.43. The van der Waals surface area contributed by atoms with Crippen molar-refractivity contribution in [2.75, 3.05) is 31.1 Å². The summed E-state index contributed by atoms with van der Waals surface area (Å²) in [5, 5.41) is 3.31. The second kappa shape index (κ2) is 6.02. The van der Waals surface area contributed by atoms with Gasteiger partial charge in [0.25, 0.3) is 6.01 Å². The number of ether oxygens (including phenoxy) is 1. The Bertz CT molecular complexity index is 340. The van der Waals surface area contributed by atoms with Crippen molar-refractivity contribution in [1.29, 1.82) is 0 Å². The number of hydrogen-bond acceptors (Lipinski definition) is 5. The molecule has 0 radical (unpaired) electrons. The first-order valence-electron chi connectivity index (χ1n) is 6.31. The summed E-state index contributed by atoms with van der Waals surface area (Å²) in [6, 6.07) is 0.716. The summed E-state index contributed by atoms with van der Waals surface area (Å²) in [5.74, 6) is 0. The van der Waals surface area contributed by atoms with Crippen molar-refractivity contribution in [1.82, 2.24) is 10.3 Å².